The number of ether oxygens (including phenoxy) is 1. The molecule has 2 aliphatic rings. The zero-order chi connectivity index (χ0) is 16.6. The number of amides is 1. The maximum atomic E-state index is 12.5. The second-order valence-electron chi connectivity index (χ2n) is 7.28. The van der Waals surface area contributed by atoms with Gasteiger partial charge < -0.3 is 4.74 Å². The van der Waals surface area contributed by atoms with Crippen molar-refractivity contribution in [3.05, 3.63) is 35.9 Å². The van der Waals surface area contributed by atoms with Crippen molar-refractivity contribution in [2.75, 3.05) is 6.26 Å². The Labute approximate surface area is 143 Å². The number of benzene rings is 1. The first-order valence-corrected chi connectivity index (χ1v) is 9.47. The van der Waals surface area contributed by atoms with Crippen LogP contribution in [0.15, 0.2) is 35.2 Å². The molecule has 4 heteroatoms. The summed E-state index contributed by atoms with van der Waals surface area (Å²) in [7, 11) is 0. The largest absolute Gasteiger partial charge is 0.444 e. The quantitative estimate of drug-likeness (QED) is 0.717. The molecule has 0 spiro atoms. The zero-order valence-electron chi connectivity index (χ0n) is 14.3. The number of hydrogen-bond acceptors (Lipinski definition) is 3. The van der Waals surface area contributed by atoms with Crippen molar-refractivity contribution in [3.8, 4) is 0 Å². The van der Waals surface area contributed by atoms with Gasteiger partial charge in [-0.25, -0.2) is 4.79 Å². The maximum absolute atomic E-state index is 12.5. The molecular weight excluding hydrogens is 306 g/mol. The van der Waals surface area contributed by atoms with E-state index in [-0.39, 0.29) is 18.2 Å². The van der Waals surface area contributed by atoms with E-state index < -0.39 is 5.60 Å². The van der Waals surface area contributed by atoms with E-state index in [4.69, 9.17) is 4.74 Å². The van der Waals surface area contributed by atoms with Gasteiger partial charge in [-0.3, -0.25) is 4.90 Å². The van der Waals surface area contributed by atoms with Gasteiger partial charge in [-0.15, -0.1) is 11.8 Å². The number of carbonyl (C=O) groups is 1. The average molecular weight is 331 g/mol. The summed E-state index contributed by atoms with van der Waals surface area (Å²) in [5.41, 5.74) is 2.26. The zero-order valence-corrected chi connectivity index (χ0v) is 15.2. The Morgan fingerprint density at radius 2 is 2.00 bits per heavy atom. The lowest BCUT2D eigenvalue weighted by Crippen LogP contribution is -2.45. The maximum Gasteiger partial charge on any atom is 0.411 e. The molecule has 2 atom stereocenters. The van der Waals surface area contributed by atoms with Crippen LogP contribution in [0.25, 0.3) is 5.57 Å². The SMILES string of the molecule is CSc1ccccc1C1=CC2CCC(C1)N2C(=O)OC(C)(C)C. The van der Waals surface area contributed by atoms with Crippen LogP contribution in [-0.4, -0.2) is 34.9 Å². The first-order chi connectivity index (χ1) is 10.9. The third-order valence-corrected chi connectivity index (χ3v) is 5.25. The van der Waals surface area contributed by atoms with Gasteiger partial charge >= 0.3 is 6.09 Å². The number of thioether (sulfide) groups is 1. The molecule has 0 aliphatic carbocycles. The Kier molecular flexibility index (Phi) is 4.45. The van der Waals surface area contributed by atoms with Gasteiger partial charge in [-0.1, -0.05) is 24.3 Å². The monoisotopic (exact) mass is 331 g/mol. The Bertz CT molecular complexity index is 633. The highest BCUT2D eigenvalue weighted by Crippen LogP contribution is 2.41. The highest BCUT2D eigenvalue weighted by atomic mass is 32.2. The molecule has 0 radical (unpaired) electrons. The molecule has 0 aromatic heterocycles. The van der Waals surface area contributed by atoms with Crippen molar-refractivity contribution in [2.24, 2.45) is 0 Å². The predicted octanol–water partition coefficient (Wildman–Crippen LogP) is 4.96. The molecule has 2 unspecified atom stereocenters. The number of hydrogen-bond donors (Lipinski definition) is 0. The third-order valence-electron chi connectivity index (χ3n) is 4.45. The van der Waals surface area contributed by atoms with Gasteiger partial charge in [0.1, 0.15) is 5.60 Å². The van der Waals surface area contributed by atoms with Crippen molar-refractivity contribution in [3.63, 3.8) is 0 Å². The predicted molar refractivity (Wildman–Crippen MR) is 95.7 cm³/mol. The van der Waals surface area contributed by atoms with Gasteiger partial charge in [0.2, 0.25) is 0 Å². The summed E-state index contributed by atoms with van der Waals surface area (Å²) in [6, 6.07) is 8.99. The van der Waals surface area contributed by atoms with Gasteiger partial charge in [-0.2, -0.15) is 0 Å². The van der Waals surface area contributed by atoms with E-state index >= 15 is 0 Å². The second kappa shape index (κ2) is 6.23. The Morgan fingerprint density at radius 1 is 1.26 bits per heavy atom. The van der Waals surface area contributed by atoms with Crippen LogP contribution in [0.5, 0.6) is 0 Å². The molecule has 1 amide bonds. The lowest BCUT2D eigenvalue weighted by Gasteiger charge is -2.35. The standard InChI is InChI=1S/C19H25NO2S/c1-19(2,3)22-18(21)20-14-9-10-15(20)12-13(11-14)16-7-5-6-8-17(16)23-4/h5-8,11,14-15H,9-10,12H2,1-4H3. The van der Waals surface area contributed by atoms with Crippen molar-refractivity contribution in [2.45, 2.75) is 62.6 Å². The highest BCUT2D eigenvalue weighted by molar-refractivity contribution is 7.98. The molecule has 1 aromatic carbocycles. The molecule has 23 heavy (non-hydrogen) atoms. The molecule has 0 saturated carbocycles. The number of nitrogens with zero attached hydrogens (tertiary/aromatic N) is 1. The molecule has 0 N–H and O–H groups in total. The fourth-order valence-corrected chi connectivity index (χ4v) is 4.17. The van der Waals surface area contributed by atoms with Crippen LogP contribution < -0.4 is 0 Å². The average Bonchev–Trinajstić information content (AvgIpc) is 2.76. The lowest BCUT2D eigenvalue weighted by molar-refractivity contribution is 0.0175. The molecule has 124 valence electrons. The number of fused-ring (bicyclic) bond motifs is 2. The molecule has 2 heterocycles. The van der Waals surface area contributed by atoms with Crippen LogP contribution in [0, 0.1) is 0 Å². The summed E-state index contributed by atoms with van der Waals surface area (Å²) < 4.78 is 5.60. The molecule has 2 bridgehead atoms. The Balaban J connectivity index is 1.85. The summed E-state index contributed by atoms with van der Waals surface area (Å²) in [6.45, 7) is 5.77. The van der Waals surface area contributed by atoms with E-state index in [1.165, 1.54) is 16.0 Å². The van der Waals surface area contributed by atoms with Crippen LogP contribution >= 0.6 is 11.8 Å². The van der Waals surface area contributed by atoms with Crippen LogP contribution in [0.2, 0.25) is 0 Å². The van der Waals surface area contributed by atoms with Gasteiger partial charge in [0.05, 0.1) is 6.04 Å². The van der Waals surface area contributed by atoms with E-state index in [2.05, 4.69) is 36.6 Å². The van der Waals surface area contributed by atoms with E-state index in [1.807, 2.05) is 25.7 Å². The van der Waals surface area contributed by atoms with Crippen molar-refractivity contribution >= 4 is 23.4 Å². The molecule has 1 aromatic rings. The molecule has 1 saturated heterocycles. The smallest absolute Gasteiger partial charge is 0.411 e. The molecule has 3 rings (SSSR count). The highest BCUT2D eigenvalue weighted by Gasteiger charge is 2.41. The summed E-state index contributed by atoms with van der Waals surface area (Å²) in [5, 5.41) is 0. The summed E-state index contributed by atoms with van der Waals surface area (Å²) >= 11 is 1.78. The molecule has 2 aliphatic heterocycles. The minimum atomic E-state index is -0.439. The number of rotatable bonds is 2. The van der Waals surface area contributed by atoms with Gasteiger partial charge in [0.15, 0.2) is 0 Å². The number of carbonyl (C=O) groups excluding carboxylic acids is 1. The van der Waals surface area contributed by atoms with Crippen molar-refractivity contribution in [1.82, 2.24) is 4.90 Å². The van der Waals surface area contributed by atoms with Crippen LogP contribution in [0.1, 0.15) is 45.6 Å². The minimum absolute atomic E-state index is 0.168. The van der Waals surface area contributed by atoms with E-state index in [0.717, 1.165) is 19.3 Å². The first kappa shape index (κ1) is 16.4. The first-order valence-electron chi connectivity index (χ1n) is 8.24. The van der Waals surface area contributed by atoms with E-state index in [9.17, 15) is 4.79 Å². The minimum Gasteiger partial charge on any atom is -0.444 e. The summed E-state index contributed by atoms with van der Waals surface area (Å²) in [6.07, 6.45) is 7.25. The fraction of sp³-hybridized carbons (Fsp3) is 0.526. The normalized spacial score (nSPS) is 23.7. The fourth-order valence-electron chi connectivity index (χ4n) is 3.54. The third kappa shape index (κ3) is 3.42. The molecule has 1 fully saturated rings. The Morgan fingerprint density at radius 3 is 2.65 bits per heavy atom. The molecule has 3 nitrogen and oxygen atoms in total. The Hall–Kier alpha value is -1.42. The lowest BCUT2D eigenvalue weighted by atomic mass is 9.95. The topological polar surface area (TPSA) is 29.5 Å². The summed E-state index contributed by atoms with van der Waals surface area (Å²) in [5.74, 6) is 0. The van der Waals surface area contributed by atoms with Gasteiger partial charge in [0.25, 0.3) is 0 Å². The van der Waals surface area contributed by atoms with Crippen LogP contribution in [0.4, 0.5) is 4.79 Å². The van der Waals surface area contributed by atoms with Gasteiger partial charge in [-0.05, 0) is 63.5 Å². The summed E-state index contributed by atoms with van der Waals surface area (Å²) in [4.78, 5) is 15.8. The van der Waals surface area contributed by atoms with Gasteiger partial charge in [0, 0.05) is 10.9 Å². The van der Waals surface area contributed by atoms with Crippen LogP contribution in [0.3, 0.4) is 0 Å². The molecular formula is C19H25NO2S. The van der Waals surface area contributed by atoms with Crippen molar-refractivity contribution < 1.29 is 9.53 Å². The van der Waals surface area contributed by atoms with E-state index in [1.54, 1.807) is 11.8 Å². The van der Waals surface area contributed by atoms with Crippen LogP contribution in [-0.2, 0) is 4.74 Å². The van der Waals surface area contributed by atoms with Crippen molar-refractivity contribution in [1.29, 1.82) is 0 Å². The second-order valence-corrected chi connectivity index (χ2v) is 8.13. The van der Waals surface area contributed by atoms with E-state index in [0.29, 0.717) is 0 Å².